The second kappa shape index (κ2) is 9.61. The number of methoxy groups -OCH3 is 1. The first-order chi connectivity index (χ1) is 11.2. The highest BCUT2D eigenvalue weighted by Crippen LogP contribution is 2.16. The van der Waals surface area contributed by atoms with Gasteiger partial charge in [-0.3, -0.25) is 4.79 Å². The number of rotatable bonds is 10. The summed E-state index contributed by atoms with van der Waals surface area (Å²) in [6.45, 7) is 1.49. The summed E-state index contributed by atoms with van der Waals surface area (Å²) < 4.78 is 30.1. The Balaban J connectivity index is 2.51. The molecule has 0 aliphatic heterocycles. The van der Waals surface area contributed by atoms with Crippen molar-refractivity contribution < 1.29 is 17.9 Å². The number of nitrogens with one attached hydrogen (secondary N) is 1. The van der Waals surface area contributed by atoms with Gasteiger partial charge in [-0.05, 0) is 20.2 Å². The molecule has 7 nitrogen and oxygen atoms in total. The van der Waals surface area contributed by atoms with Crippen LogP contribution in [0.3, 0.4) is 0 Å². The largest absolute Gasteiger partial charge is 0.496 e. The number of ether oxygens (including phenoxy) is 1. The van der Waals surface area contributed by atoms with Gasteiger partial charge in [0, 0.05) is 38.2 Å². The molecule has 1 aromatic carbocycles. The Labute approximate surface area is 144 Å². The lowest BCUT2D eigenvalue weighted by Gasteiger charge is -2.21. The van der Waals surface area contributed by atoms with Crippen LogP contribution in [0.4, 0.5) is 0 Å². The molecule has 0 saturated carbocycles. The molecule has 0 aliphatic carbocycles. The lowest BCUT2D eigenvalue weighted by atomic mass is 10.2. The first kappa shape index (κ1) is 20.4. The predicted molar refractivity (Wildman–Crippen MR) is 94.4 cm³/mol. The fourth-order valence-corrected chi connectivity index (χ4v) is 2.95. The van der Waals surface area contributed by atoms with E-state index >= 15 is 0 Å². The van der Waals surface area contributed by atoms with Crippen molar-refractivity contribution in [3.63, 3.8) is 0 Å². The molecule has 24 heavy (non-hydrogen) atoms. The maximum Gasteiger partial charge on any atom is 0.221 e. The van der Waals surface area contributed by atoms with Crippen LogP contribution < -0.4 is 10.1 Å². The summed E-state index contributed by atoms with van der Waals surface area (Å²) in [4.78, 5) is 13.9. The van der Waals surface area contributed by atoms with Crippen LogP contribution in [0, 0.1) is 0 Å². The highest BCUT2D eigenvalue weighted by Gasteiger charge is 2.17. The van der Waals surface area contributed by atoms with E-state index < -0.39 is 10.0 Å². The first-order valence-electron chi connectivity index (χ1n) is 7.72. The SMILES string of the molecule is COc1ccccc1CNC(=O)CCN(CCN(C)C)S(C)(=O)=O. The zero-order chi connectivity index (χ0) is 18.2. The summed E-state index contributed by atoms with van der Waals surface area (Å²) >= 11 is 0. The third-order valence-electron chi connectivity index (χ3n) is 3.52. The van der Waals surface area contributed by atoms with Crippen molar-refractivity contribution in [2.75, 3.05) is 47.1 Å². The number of benzene rings is 1. The second-order valence-electron chi connectivity index (χ2n) is 5.80. The summed E-state index contributed by atoms with van der Waals surface area (Å²) in [5, 5.41) is 2.79. The molecule has 1 aromatic rings. The smallest absolute Gasteiger partial charge is 0.221 e. The molecule has 1 amide bonds. The summed E-state index contributed by atoms with van der Waals surface area (Å²) in [5.74, 6) is 0.515. The van der Waals surface area contributed by atoms with Crippen molar-refractivity contribution in [3.05, 3.63) is 29.8 Å². The maximum absolute atomic E-state index is 12.0. The monoisotopic (exact) mass is 357 g/mol. The number of para-hydroxylation sites is 1. The molecule has 0 atom stereocenters. The van der Waals surface area contributed by atoms with Gasteiger partial charge >= 0.3 is 0 Å². The summed E-state index contributed by atoms with van der Waals surface area (Å²) in [6, 6.07) is 7.43. The van der Waals surface area contributed by atoms with Crippen LogP contribution in [0.25, 0.3) is 0 Å². The van der Waals surface area contributed by atoms with Gasteiger partial charge in [0.25, 0.3) is 0 Å². The van der Waals surface area contributed by atoms with Crippen molar-refractivity contribution in [3.8, 4) is 5.75 Å². The highest BCUT2D eigenvalue weighted by atomic mass is 32.2. The van der Waals surface area contributed by atoms with Gasteiger partial charge in [0.2, 0.25) is 15.9 Å². The Morgan fingerprint density at radius 3 is 2.42 bits per heavy atom. The molecule has 8 heteroatoms. The van der Waals surface area contributed by atoms with E-state index in [-0.39, 0.29) is 18.9 Å². The van der Waals surface area contributed by atoms with Gasteiger partial charge in [0.05, 0.1) is 13.4 Å². The topological polar surface area (TPSA) is 79.0 Å². The molecule has 0 radical (unpaired) electrons. The van der Waals surface area contributed by atoms with E-state index in [1.165, 1.54) is 4.31 Å². The Kier molecular flexibility index (Phi) is 8.17. The average Bonchev–Trinajstić information content (AvgIpc) is 2.51. The molecule has 0 heterocycles. The number of carbonyl (C=O) groups excluding carboxylic acids is 1. The number of nitrogens with zero attached hydrogens (tertiary/aromatic N) is 2. The molecule has 1 rings (SSSR count). The van der Waals surface area contributed by atoms with Gasteiger partial charge in [-0.2, -0.15) is 0 Å². The molecule has 0 aromatic heterocycles. The van der Waals surface area contributed by atoms with Crippen LogP contribution in [0.2, 0.25) is 0 Å². The summed E-state index contributed by atoms with van der Waals surface area (Å²) in [5.41, 5.74) is 0.876. The predicted octanol–water partition coefficient (Wildman–Crippen LogP) is 0.525. The van der Waals surface area contributed by atoms with Crippen molar-refractivity contribution in [1.82, 2.24) is 14.5 Å². The van der Waals surface area contributed by atoms with Gasteiger partial charge in [-0.25, -0.2) is 12.7 Å². The quantitative estimate of drug-likeness (QED) is 0.661. The van der Waals surface area contributed by atoms with Crippen molar-refractivity contribution in [2.24, 2.45) is 0 Å². The molecule has 0 saturated heterocycles. The van der Waals surface area contributed by atoms with Gasteiger partial charge in [-0.1, -0.05) is 18.2 Å². The van der Waals surface area contributed by atoms with E-state index in [1.807, 2.05) is 43.3 Å². The van der Waals surface area contributed by atoms with E-state index in [9.17, 15) is 13.2 Å². The summed E-state index contributed by atoms with van der Waals surface area (Å²) in [6.07, 6.45) is 1.28. The Morgan fingerprint density at radius 1 is 1.17 bits per heavy atom. The first-order valence-corrected chi connectivity index (χ1v) is 9.57. The number of hydrogen-bond donors (Lipinski definition) is 1. The van der Waals surface area contributed by atoms with E-state index in [2.05, 4.69) is 5.32 Å². The number of sulfonamides is 1. The minimum atomic E-state index is -3.33. The highest BCUT2D eigenvalue weighted by molar-refractivity contribution is 7.88. The maximum atomic E-state index is 12.0. The van der Waals surface area contributed by atoms with Gasteiger partial charge in [0.15, 0.2) is 0 Å². The third kappa shape index (κ3) is 7.29. The van der Waals surface area contributed by atoms with Crippen molar-refractivity contribution >= 4 is 15.9 Å². The Bertz CT molecular complexity index is 632. The fourth-order valence-electron chi connectivity index (χ4n) is 2.11. The zero-order valence-corrected chi connectivity index (χ0v) is 15.6. The lowest BCUT2D eigenvalue weighted by molar-refractivity contribution is -0.121. The zero-order valence-electron chi connectivity index (χ0n) is 14.8. The van der Waals surface area contributed by atoms with E-state index in [1.54, 1.807) is 7.11 Å². The van der Waals surface area contributed by atoms with Crippen molar-refractivity contribution in [2.45, 2.75) is 13.0 Å². The number of amides is 1. The van der Waals surface area contributed by atoms with Crippen LogP contribution >= 0.6 is 0 Å². The minimum absolute atomic E-state index is 0.121. The van der Waals surface area contributed by atoms with Crippen LogP contribution in [0.1, 0.15) is 12.0 Å². The fraction of sp³-hybridized carbons (Fsp3) is 0.562. The molecule has 0 spiro atoms. The minimum Gasteiger partial charge on any atom is -0.496 e. The third-order valence-corrected chi connectivity index (χ3v) is 4.83. The van der Waals surface area contributed by atoms with E-state index in [0.29, 0.717) is 25.4 Å². The van der Waals surface area contributed by atoms with Crippen molar-refractivity contribution in [1.29, 1.82) is 0 Å². The Hall–Kier alpha value is -1.64. The Morgan fingerprint density at radius 2 is 1.83 bits per heavy atom. The van der Waals surface area contributed by atoms with Crippen LogP contribution in [-0.4, -0.2) is 70.6 Å². The molecule has 1 N–H and O–H groups in total. The number of carbonyl (C=O) groups is 1. The van der Waals surface area contributed by atoms with Gasteiger partial charge in [0.1, 0.15) is 5.75 Å². The van der Waals surface area contributed by atoms with Crippen LogP contribution in [0.5, 0.6) is 5.75 Å². The van der Waals surface area contributed by atoms with Gasteiger partial charge in [-0.15, -0.1) is 0 Å². The molecule has 0 unspecified atom stereocenters. The summed E-state index contributed by atoms with van der Waals surface area (Å²) in [7, 11) is 2.00. The molecule has 0 aliphatic rings. The van der Waals surface area contributed by atoms with E-state index in [0.717, 1.165) is 11.8 Å². The molecular formula is C16H27N3O4S. The normalized spacial score (nSPS) is 11.8. The van der Waals surface area contributed by atoms with Crippen LogP contribution in [0.15, 0.2) is 24.3 Å². The molecule has 0 bridgehead atoms. The van der Waals surface area contributed by atoms with Crippen LogP contribution in [-0.2, 0) is 21.4 Å². The number of likely N-dealkylation sites (N-methyl/N-ethyl adjacent to an activating group) is 1. The average molecular weight is 357 g/mol. The van der Waals surface area contributed by atoms with Gasteiger partial charge < -0.3 is 15.0 Å². The molecule has 0 fully saturated rings. The molecular weight excluding hydrogens is 330 g/mol. The number of hydrogen-bond acceptors (Lipinski definition) is 5. The second-order valence-corrected chi connectivity index (χ2v) is 7.79. The lowest BCUT2D eigenvalue weighted by Crippen LogP contribution is -2.38. The standard InChI is InChI=1S/C16H27N3O4S/c1-18(2)11-12-19(24(4,21)22)10-9-16(20)17-13-14-7-5-6-8-15(14)23-3/h5-8H,9-13H2,1-4H3,(H,17,20). The van der Waals surface area contributed by atoms with E-state index in [4.69, 9.17) is 4.74 Å². The molecule has 136 valence electrons.